The minimum absolute atomic E-state index is 0.0827. The average molecular weight is 593 g/mol. The summed E-state index contributed by atoms with van der Waals surface area (Å²) in [6.45, 7) is 3.53. The van der Waals surface area contributed by atoms with Crippen molar-refractivity contribution >= 4 is 11.8 Å². The van der Waals surface area contributed by atoms with E-state index in [1.807, 2.05) is 4.90 Å². The van der Waals surface area contributed by atoms with Crippen molar-refractivity contribution in [3.8, 4) is 17.0 Å². The highest BCUT2D eigenvalue weighted by atomic mass is 19.4. The number of aliphatic hydroxyl groups excluding tert-OH is 1. The molecule has 0 radical (unpaired) electrons. The van der Waals surface area contributed by atoms with Crippen LogP contribution in [-0.4, -0.2) is 77.4 Å². The van der Waals surface area contributed by atoms with Gasteiger partial charge in [0.25, 0.3) is 5.91 Å². The van der Waals surface area contributed by atoms with Gasteiger partial charge in [0.2, 0.25) is 11.8 Å². The van der Waals surface area contributed by atoms with Crippen LogP contribution in [0.2, 0.25) is 0 Å². The third-order valence-electron chi connectivity index (χ3n) is 9.00. The molecule has 3 aliphatic rings. The molecule has 2 saturated heterocycles. The Bertz CT molecular complexity index is 1290. The fraction of sp³-hybridized carbons (Fsp3) is 0.567. The van der Waals surface area contributed by atoms with Gasteiger partial charge in [0.1, 0.15) is 5.82 Å². The highest BCUT2D eigenvalue weighted by Gasteiger charge is 2.58. The summed E-state index contributed by atoms with van der Waals surface area (Å²) >= 11 is 0. The number of aromatic nitrogens is 1. The maximum absolute atomic E-state index is 14.8. The summed E-state index contributed by atoms with van der Waals surface area (Å²) in [6.07, 6.45) is -0.577. The number of pyridine rings is 1. The van der Waals surface area contributed by atoms with E-state index < -0.39 is 40.9 Å². The molecular weight excluding hydrogens is 556 g/mol. The Balaban J connectivity index is 1.10. The number of benzene rings is 1. The number of imide groups is 1. The lowest BCUT2D eigenvalue weighted by molar-refractivity contribution is -0.256. The molecule has 228 valence electrons. The Hall–Kier alpha value is -3.09. The summed E-state index contributed by atoms with van der Waals surface area (Å²) in [5.41, 5.74) is -1.85. The predicted octanol–water partition coefficient (Wildman–Crippen LogP) is 4.08. The first-order chi connectivity index (χ1) is 19.9. The lowest BCUT2D eigenvalue weighted by atomic mass is 9.67. The first-order valence-electron chi connectivity index (χ1n) is 14.3. The van der Waals surface area contributed by atoms with Crippen LogP contribution >= 0.6 is 0 Å². The van der Waals surface area contributed by atoms with Gasteiger partial charge >= 0.3 is 6.18 Å². The van der Waals surface area contributed by atoms with Crippen LogP contribution < -0.4 is 15.4 Å². The molecule has 0 unspecified atom stereocenters. The number of piperidine rings is 1. The van der Waals surface area contributed by atoms with Gasteiger partial charge in [-0.25, -0.2) is 9.37 Å². The lowest BCUT2D eigenvalue weighted by Crippen LogP contribution is -2.53. The maximum atomic E-state index is 14.8. The summed E-state index contributed by atoms with van der Waals surface area (Å²) in [7, 11) is 0. The molecule has 2 atom stereocenters. The second kappa shape index (κ2) is 11.9. The highest BCUT2D eigenvalue weighted by Crippen LogP contribution is 2.53. The summed E-state index contributed by atoms with van der Waals surface area (Å²) in [5.74, 6) is -1.69. The van der Waals surface area contributed by atoms with E-state index in [4.69, 9.17) is 4.74 Å². The van der Waals surface area contributed by atoms with Crippen LogP contribution in [0.3, 0.4) is 0 Å². The zero-order valence-corrected chi connectivity index (χ0v) is 23.5. The van der Waals surface area contributed by atoms with Crippen molar-refractivity contribution in [2.24, 2.45) is 11.3 Å². The second-order valence-electron chi connectivity index (χ2n) is 12.1. The Kier molecular flexibility index (Phi) is 8.60. The van der Waals surface area contributed by atoms with Crippen molar-refractivity contribution in [1.82, 2.24) is 20.5 Å². The van der Waals surface area contributed by atoms with Gasteiger partial charge in [-0.15, -0.1) is 0 Å². The minimum atomic E-state index is -4.15. The molecule has 2 aromatic rings. The van der Waals surface area contributed by atoms with Crippen LogP contribution in [0.15, 0.2) is 36.5 Å². The third-order valence-corrected chi connectivity index (χ3v) is 9.00. The van der Waals surface area contributed by atoms with E-state index in [9.17, 15) is 32.3 Å². The van der Waals surface area contributed by atoms with Crippen molar-refractivity contribution in [3.63, 3.8) is 0 Å². The number of hydrogen-bond donors (Lipinski definition) is 3. The summed E-state index contributed by atoms with van der Waals surface area (Å²) in [5, 5.41) is 14.8. The van der Waals surface area contributed by atoms with Crippen LogP contribution in [0.4, 0.5) is 17.6 Å². The van der Waals surface area contributed by atoms with Gasteiger partial charge in [-0.05, 0) is 75.4 Å². The zero-order chi connectivity index (χ0) is 30.1. The number of halogens is 4. The molecule has 42 heavy (non-hydrogen) atoms. The van der Waals surface area contributed by atoms with E-state index in [1.165, 1.54) is 18.3 Å². The van der Waals surface area contributed by atoms with Crippen molar-refractivity contribution in [3.05, 3.63) is 47.9 Å². The average Bonchev–Trinajstić information content (AvgIpc) is 3.29. The second-order valence-corrected chi connectivity index (χ2v) is 12.1. The van der Waals surface area contributed by atoms with Crippen molar-refractivity contribution < 1.29 is 37.0 Å². The number of carbonyl (C=O) groups is 2. The number of rotatable bonds is 8. The van der Waals surface area contributed by atoms with Crippen molar-refractivity contribution in [2.75, 3.05) is 32.8 Å². The molecule has 5 rings (SSSR count). The van der Waals surface area contributed by atoms with Crippen LogP contribution in [0.5, 0.6) is 5.88 Å². The van der Waals surface area contributed by atoms with E-state index >= 15 is 0 Å². The molecule has 2 amide bonds. The standard InChI is InChI=1S/C30H36F4N4O4/c1-28(14-22(39)16-36-28)27(41)37-26(40)23-5-3-20(13-24(23)31)21-4-6-25(35-15-21)42-17-19-7-11-38(12-8-19)18-29(9-2-10-29)30(32,33)34/h3-6,13,15,19,22,36,39H,2,7-12,14,16-18H2,1H3,(H,37,40,41)/t22-,28+/m1/s1. The number of alkyl halides is 3. The number of likely N-dealkylation sites (tertiary alicyclic amines) is 1. The fourth-order valence-electron chi connectivity index (χ4n) is 6.03. The molecule has 1 aliphatic carbocycles. The Morgan fingerprint density at radius 1 is 1.17 bits per heavy atom. The lowest BCUT2D eigenvalue weighted by Gasteiger charge is -2.47. The van der Waals surface area contributed by atoms with Gasteiger partial charge in [-0.1, -0.05) is 12.5 Å². The van der Waals surface area contributed by atoms with Gasteiger partial charge in [0.15, 0.2) is 0 Å². The third kappa shape index (κ3) is 6.45. The molecule has 8 nitrogen and oxygen atoms in total. The summed E-state index contributed by atoms with van der Waals surface area (Å²) in [4.78, 5) is 31.3. The van der Waals surface area contributed by atoms with E-state index in [2.05, 4.69) is 15.6 Å². The first kappa shape index (κ1) is 30.4. The molecule has 3 heterocycles. The molecule has 3 N–H and O–H groups in total. The van der Waals surface area contributed by atoms with Gasteiger partial charge in [0, 0.05) is 37.3 Å². The van der Waals surface area contributed by atoms with Crippen LogP contribution in [0.1, 0.15) is 55.8 Å². The summed E-state index contributed by atoms with van der Waals surface area (Å²) in [6, 6.07) is 7.42. The number of β-amino-alcohol motifs (C(OH)–C–C–N with tert-alkyl or cyclic N) is 1. The van der Waals surface area contributed by atoms with E-state index in [0.29, 0.717) is 43.1 Å². The minimum Gasteiger partial charge on any atom is -0.477 e. The molecule has 1 aromatic heterocycles. The largest absolute Gasteiger partial charge is 0.477 e. The maximum Gasteiger partial charge on any atom is 0.395 e. The smallest absolute Gasteiger partial charge is 0.395 e. The number of nitrogens with zero attached hydrogens (tertiary/aromatic N) is 2. The Morgan fingerprint density at radius 3 is 2.43 bits per heavy atom. The fourth-order valence-corrected chi connectivity index (χ4v) is 6.03. The van der Waals surface area contributed by atoms with Crippen LogP contribution in [0.25, 0.3) is 11.1 Å². The zero-order valence-electron chi connectivity index (χ0n) is 23.5. The number of carbonyl (C=O) groups excluding carboxylic acids is 2. The van der Waals surface area contributed by atoms with Crippen LogP contribution in [-0.2, 0) is 4.79 Å². The number of ether oxygens (including phenoxy) is 1. The molecule has 0 spiro atoms. The number of hydrogen-bond acceptors (Lipinski definition) is 7. The molecule has 3 fully saturated rings. The monoisotopic (exact) mass is 592 g/mol. The quantitative estimate of drug-likeness (QED) is 0.314. The molecule has 0 bridgehead atoms. The number of nitrogens with one attached hydrogen (secondary N) is 2. The molecule has 12 heteroatoms. The highest BCUT2D eigenvalue weighted by molar-refractivity contribution is 6.07. The van der Waals surface area contributed by atoms with Gasteiger partial charge in [-0.2, -0.15) is 13.2 Å². The first-order valence-corrected chi connectivity index (χ1v) is 14.3. The molecule has 1 aromatic carbocycles. The summed E-state index contributed by atoms with van der Waals surface area (Å²) < 4.78 is 61.2. The van der Waals surface area contributed by atoms with Gasteiger partial charge in [0.05, 0.1) is 29.2 Å². The topological polar surface area (TPSA) is 104 Å². The van der Waals surface area contributed by atoms with Gasteiger partial charge in [-0.3, -0.25) is 14.9 Å². The van der Waals surface area contributed by atoms with E-state index in [1.54, 1.807) is 25.1 Å². The Labute approximate surface area is 241 Å². The number of amides is 2. The molecular formula is C30H36F4N4O4. The van der Waals surface area contributed by atoms with Crippen molar-refractivity contribution in [2.45, 2.75) is 63.3 Å². The van der Waals surface area contributed by atoms with E-state index in [0.717, 1.165) is 12.8 Å². The van der Waals surface area contributed by atoms with Crippen LogP contribution in [0, 0.1) is 17.2 Å². The number of aliphatic hydroxyl groups is 1. The molecule has 1 saturated carbocycles. The normalized spacial score (nSPS) is 24.7. The predicted molar refractivity (Wildman–Crippen MR) is 146 cm³/mol. The van der Waals surface area contributed by atoms with Gasteiger partial charge < -0.3 is 20.1 Å². The molecule has 2 aliphatic heterocycles. The van der Waals surface area contributed by atoms with Crippen molar-refractivity contribution in [1.29, 1.82) is 0 Å². The Morgan fingerprint density at radius 2 is 1.88 bits per heavy atom. The van der Waals surface area contributed by atoms with E-state index in [-0.39, 0.29) is 43.8 Å². The SMILES string of the molecule is C[C@@]1(C(=O)NC(=O)c2ccc(-c3ccc(OCC4CCN(CC5(C(F)(F)F)CCC5)CC4)nc3)cc2F)C[C@@H](O)CN1.